The van der Waals surface area contributed by atoms with Crippen molar-refractivity contribution in [2.24, 2.45) is 0 Å². The lowest BCUT2D eigenvalue weighted by atomic mass is 9.82. The molecule has 0 N–H and O–H groups in total. The molecule has 0 radical (unpaired) electrons. The molecule has 0 spiro atoms. The second-order valence-electron chi connectivity index (χ2n) is 4.20. The molecule has 3 heteroatoms. The summed E-state index contributed by atoms with van der Waals surface area (Å²) in [7, 11) is 0. The van der Waals surface area contributed by atoms with Crippen LogP contribution in [0.5, 0.6) is 0 Å². The maximum atomic E-state index is 10.8. The van der Waals surface area contributed by atoms with Crippen molar-refractivity contribution in [3.05, 3.63) is 35.9 Å². The van der Waals surface area contributed by atoms with Crippen LogP contribution in [-0.2, 0) is 4.74 Å². The molecule has 0 aliphatic heterocycles. The van der Waals surface area contributed by atoms with E-state index in [4.69, 9.17) is 16.3 Å². The predicted octanol–water partition coefficient (Wildman–Crippen LogP) is 4.09. The second-order valence-corrected chi connectivity index (χ2v) is 4.50. The number of rotatable bonds is 2. The average Bonchev–Trinajstić information content (AvgIpc) is 2.30. The van der Waals surface area contributed by atoms with Gasteiger partial charge in [-0.05, 0) is 24.8 Å². The number of carbonyl (C=O) groups is 1. The first-order valence-corrected chi connectivity index (χ1v) is 6.06. The highest BCUT2D eigenvalue weighted by Crippen LogP contribution is 2.35. The van der Waals surface area contributed by atoms with Gasteiger partial charge in [0.15, 0.2) is 0 Å². The maximum absolute atomic E-state index is 10.8. The summed E-state index contributed by atoms with van der Waals surface area (Å²) < 4.78 is 5.18. The molecular weight excluding hydrogens is 224 g/mol. The van der Waals surface area contributed by atoms with E-state index >= 15 is 0 Å². The van der Waals surface area contributed by atoms with E-state index in [9.17, 15) is 4.79 Å². The van der Waals surface area contributed by atoms with Crippen LogP contribution < -0.4 is 0 Å². The van der Waals surface area contributed by atoms with E-state index in [2.05, 4.69) is 12.1 Å². The first-order valence-electron chi connectivity index (χ1n) is 5.68. The predicted molar refractivity (Wildman–Crippen MR) is 63.8 cm³/mol. The molecule has 16 heavy (non-hydrogen) atoms. The Bertz CT molecular complexity index is 350. The molecule has 0 amide bonds. The van der Waals surface area contributed by atoms with Crippen molar-refractivity contribution in [3.8, 4) is 0 Å². The third-order valence-corrected chi connectivity index (χ3v) is 3.26. The number of benzene rings is 1. The topological polar surface area (TPSA) is 26.3 Å². The third kappa shape index (κ3) is 2.76. The Morgan fingerprint density at radius 3 is 2.56 bits per heavy atom. The third-order valence-electron chi connectivity index (χ3n) is 3.17. The number of hydrogen-bond donors (Lipinski definition) is 0. The van der Waals surface area contributed by atoms with Crippen molar-refractivity contribution >= 4 is 17.0 Å². The van der Waals surface area contributed by atoms with Crippen molar-refractivity contribution in [3.63, 3.8) is 0 Å². The minimum absolute atomic E-state index is 0.0545. The quantitative estimate of drug-likeness (QED) is 0.726. The summed E-state index contributed by atoms with van der Waals surface area (Å²) in [5, 5.41) is 0. The van der Waals surface area contributed by atoms with E-state index in [0.717, 1.165) is 19.3 Å². The molecule has 1 aliphatic rings. The molecule has 0 heterocycles. The Balaban J connectivity index is 2.13. The highest BCUT2D eigenvalue weighted by Gasteiger charge is 2.28. The average molecular weight is 239 g/mol. The SMILES string of the molecule is O=C(Cl)O[C@@H]1CCCC[C@H]1c1ccccc1. The largest absolute Gasteiger partial charge is 0.450 e. The van der Waals surface area contributed by atoms with Gasteiger partial charge in [0, 0.05) is 17.5 Å². The lowest BCUT2D eigenvalue weighted by Gasteiger charge is -2.30. The normalized spacial score (nSPS) is 25.1. The van der Waals surface area contributed by atoms with E-state index in [-0.39, 0.29) is 6.10 Å². The monoisotopic (exact) mass is 238 g/mol. The number of carbonyl (C=O) groups excluding carboxylic acids is 1. The molecule has 0 aromatic heterocycles. The summed E-state index contributed by atoms with van der Waals surface area (Å²) in [6.45, 7) is 0. The molecule has 0 bridgehead atoms. The number of halogens is 1. The molecule has 1 aliphatic carbocycles. The van der Waals surface area contributed by atoms with E-state index in [1.807, 2.05) is 18.2 Å². The van der Waals surface area contributed by atoms with E-state index < -0.39 is 5.43 Å². The van der Waals surface area contributed by atoms with Crippen molar-refractivity contribution in [1.82, 2.24) is 0 Å². The van der Waals surface area contributed by atoms with Crippen LogP contribution in [0.25, 0.3) is 0 Å². The Hall–Kier alpha value is -1.02. The molecule has 0 saturated heterocycles. The van der Waals surface area contributed by atoms with Gasteiger partial charge in [0.25, 0.3) is 0 Å². The summed E-state index contributed by atoms with van der Waals surface area (Å²) in [5.74, 6) is 0.303. The van der Waals surface area contributed by atoms with Crippen LogP contribution in [0.3, 0.4) is 0 Å². The van der Waals surface area contributed by atoms with Crippen LogP contribution in [-0.4, -0.2) is 11.5 Å². The van der Waals surface area contributed by atoms with Crippen molar-refractivity contribution in [2.45, 2.75) is 37.7 Å². The van der Waals surface area contributed by atoms with Crippen molar-refractivity contribution in [1.29, 1.82) is 0 Å². The van der Waals surface area contributed by atoms with Gasteiger partial charge in [0.2, 0.25) is 0 Å². The van der Waals surface area contributed by atoms with Crippen LogP contribution in [0, 0.1) is 0 Å². The molecular formula is C13H15ClO2. The van der Waals surface area contributed by atoms with Gasteiger partial charge in [-0.15, -0.1) is 0 Å². The van der Waals surface area contributed by atoms with Crippen LogP contribution in [0.1, 0.15) is 37.2 Å². The highest BCUT2D eigenvalue weighted by molar-refractivity contribution is 6.61. The fraction of sp³-hybridized carbons (Fsp3) is 0.462. The van der Waals surface area contributed by atoms with Crippen molar-refractivity contribution in [2.75, 3.05) is 0 Å². The summed E-state index contributed by atoms with van der Waals surface area (Å²) in [6, 6.07) is 10.2. The van der Waals surface area contributed by atoms with Gasteiger partial charge in [-0.25, -0.2) is 4.79 Å². The molecule has 2 atom stereocenters. The van der Waals surface area contributed by atoms with Crippen LogP contribution in [0.4, 0.5) is 4.79 Å². The Morgan fingerprint density at radius 2 is 1.88 bits per heavy atom. The molecule has 1 aromatic rings. The van der Waals surface area contributed by atoms with Crippen LogP contribution in [0.2, 0.25) is 0 Å². The zero-order chi connectivity index (χ0) is 11.4. The van der Waals surface area contributed by atoms with Gasteiger partial charge < -0.3 is 4.74 Å². The minimum atomic E-state index is -0.687. The highest BCUT2D eigenvalue weighted by atomic mass is 35.5. The summed E-state index contributed by atoms with van der Waals surface area (Å²) in [5.41, 5.74) is 0.554. The van der Waals surface area contributed by atoms with Crippen molar-refractivity contribution < 1.29 is 9.53 Å². The van der Waals surface area contributed by atoms with Gasteiger partial charge in [-0.3, -0.25) is 0 Å². The number of ether oxygens (including phenoxy) is 1. The molecule has 1 saturated carbocycles. The van der Waals surface area contributed by atoms with Gasteiger partial charge >= 0.3 is 5.43 Å². The molecule has 2 rings (SSSR count). The van der Waals surface area contributed by atoms with Gasteiger partial charge in [0.05, 0.1) is 0 Å². The van der Waals surface area contributed by atoms with Gasteiger partial charge in [0.1, 0.15) is 6.10 Å². The first kappa shape index (κ1) is 11.5. The zero-order valence-electron chi connectivity index (χ0n) is 9.06. The summed E-state index contributed by atoms with van der Waals surface area (Å²) in [4.78, 5) is 10.8. The smallest absolute Gasteiger partial charge is 0.404 e. The molecule has 2 nitrogen and oxygen atoms in total. The second kappa shape index (κ2) is 5.35. The molecule has 1 aromatic carbocycles. The standard InChI is InChI=1S/C13H15ClO2/c14-13(15)16-12-9-5-4-8-11(12)10-6-2-1-3-7-10/h1-3,6-7,11-12H,4-5,8-9H2/t11-,12+/m0/s1. The number of hydrogen-bond acceptors (Lipinski definition) is 2. The first-order chi connectivity index (χ1) is 7.77. The Morgan fingerprint density at radius 1 is 1.19 bits per heavy atom. The summed E-state index contributed by atoms with van der Waals surface area (Å²) in [6.07, 6.45) is 4.23. The van der Waals surface area contributed by atoms with Crippen LogP contribution >= 0.6 is 11.6 Å². The zero-order valence-corrected chi connectivity index (χ0v) is 9.82. The summed E-state index contributed by atoms with van der Waals surface area (Å²) >= 11 is 5.30. The molecule has 0 unspecified atom stereocenters. The maximum Gasteiger partial charge on any atom is 0.404 e. The van der Waals surface area contributed by atoms with E-state index in [1.165, 1.54) is 12.0 Å². The van der Waals surface area contributed by atoms with E-state index in [1.54, 1.807) is 0 Å². The fourth-order valence-corrected chi connectivity index (χ4v) is 2.55. The molecule has 1 fully saturated rings. The molecule has 86 valence electrons. The van der Waals surface area contributed by atoms with E-state index in [0.29, 0.717) is 5.92 Å². The lowest BCUT2D eigenvalue weighted by Crippen LogP contribution is -2.26. The fourth-order valence-electron chi connectivity index (χ4n) is 2.44. The van der Waals surface area contributed by atoms with Crippen LogP contribution in [0.15, 0.2) is 30.3 Å². The minimum Gasteiger partial charge on any atom is -0.450 e. The van der Waals surface area contributed by atoms with Gasteiger partial charge in [-0.2, -0.15) is 0 Å². The Labute approximate surface area is 101 Å². The Kier molecular flexibility index (Phi) is 3.83. The lowest BCUT2D eigenvalue weighted by molar-refractivity contribution is 0.0793. The van der Waals surface area contributed by atoms with Gasteiger partial charge in [-0.1, -0.05) is 36.8 Å².